The Labute approximate surface area is 325 Å². The molecule has 9 N–H and O–H groups in total. The Morgan fingerprint density at radius 1 is 0.745 bits per heavy atom. The Morgan fingerprint density at radius 2 is 1.18 bits per heavy atom. The Hall–Kier alpha value is -4.16. The molecule has 0 bridgehead atoms. The smallest absolute Gasteiger partial charge is 0.369 e. The van der Waals surface area contributed by atoms with E-state index in [4.69, 9.17) is 43.6 Å². The fraction of sp³-hybridized carbons (Fsp3) is 0.294. The van der Waals surface area contributed by atoms with Crippen molar-refractivity contribution in [3.05, 3.63) is 58.9 Å². The minimum absolute atomic E-state index is 0.0371. The molecule has 0 saturated heterocycles. The molecule has 0 amide bonds. The van der Waals surface area contributed by atoms with E-state index in [0.717, 1.165) is 22.4 Å². The Balaban J connectivity index is 0.000000325. The Kier molecular flexibility index (Phi) is 16.4. The number of ether oxygens (including phenoxy) is 3. The second-order valence-corrected chi connectivity index (χ2v) is 23.5. The van der Waals surface area contributed by atoms with Crippen LogP contribution in [0.1, 0.15) is 61.8 Å². The number of phenolic OH excluding ortho intramolecular Hbond substituents is 1. The molecule has 2 aromatic carbocycles. The van der Waals surface area contributed by atoms with Crippen molar-refractivity contribution in [2.75, 3.05) is 30.0 Å². The van der Waals surface area contributed by atoms with Gasteiger partial charge in [-0.1, -0.05) is 59.2 Å². The molecule has 0 saturated carbocycles. The van der Waals surface area contributed by atoms with Crippen LogP contribution >= 0.6 is 47.3 Å². The largest absolute Gasteiger partial charge is 0.507 e. The zero-order valence-corrected chi connectivity index (χ0v) is 35.4. The summed E-state index contributed by atoms with van der Waals surface area (Å²) in [6, 6.07) is 7.02. The second kappa shape index (κ2) is 19.5. The molecule has 2 heterocycles. The topological polar surface area (TPSA) is 204 Å². The number of nitrogen functional groups attached to an aromatic ring is 4. The molecule has 2 aromatic heterocycles. The zero-order chi connectivity index (χ0) is 38.6. The van der Waals surface area contributed by atoms with Gasteiger partial charge < -0.3 is 42.3 Å². The van der Waals surface area contributed by atoms with Gasteiger partial charge in [0.15, 0.2) is 23.1 Å². The summed E-state index contributed by atoms with van der Waals surface area (Å²) in [6.45, 7) is 14.7. The van der Waals surface area contributed by atoms with Crippen molar-refractivity contribution in [3.8, 4) is 58.3 Å². The molecule has 0 fully saturated rings. The van der Waals surface area contributed by atoms with E-state index in [9.17, 15) is 5.11 Å². The van der Waals surface area contributed by atoms with Crippen LogP contribution in [0.15, 0.2) is 36.7 Å². The monoisotopic (exact) mass is 902 g/mol. The first-order valence-corrected chi connectivity index (χ1v) is 21.6. The molecule has 4 rings (SSSR count). The Bertz CT molecular complexity index is 1920. The van der Waals surface area contributed by atoms with Crippen LogP contribution in [0.2, 0.25) is 19.6 Å². The minimum atomic E-state index is -1.53. The standard InChI is InChI=1S/C19H26N4O2Si.C15H16N4O2.BBr3/c1-12(2)14-10-15(24-3)13(7-8-26(4,5)6)9-16(14)25-17-11-22-19(21)23-18(17)20;1-4-9-5-12(10(8(2)3)6-11(9)20)21-13-7-18-15(17)19-14(13)16;2-1(3)4/h9-12H,1-6H3,(H4,20,21,22,23);1,5-8,20H,2-3H3,(H4,16,17,18,19);. The van der Waals surface area contributed by atoms with Gasteiger partial charge in [-0.2, -0.15) is 9.97 Å². The van der Waals surface area contributed by atoms with Gasteiger partial charge in [-0.15, -0.1) is 59.2 Å². The maximum absolute atomic E-state index is 9.86. The number of rotatable bonds is 7. The van der Waals surface area contributed by atoms with Crippen LogP contribution in [0.3, 0.4) is 0 Å². The third kappa shape index (κ3) is 13.8. The third-order valence-corrected chi connectivity index (χ3v) is 7.35. The van der Waals surface area contributed by atoms with E-state index in [1.807, 2.05) is 26.0 Å². The number of phenols is 1. The van der Waals surface area contributed by atoms with Crippen LogP contribution in [0.4, 0.5) is 23.5 Å². The number of aromatic nitrogens is 4. The highest BCUT2D eigenvalue weighted by Crippen LogP contribution is 2.38. The first kappa shape index (κ1) is 43.0. The lowest BCUT2D eigenvalue weighted by Crippen LogP contribution is -2.16. The molecule has 270 valence electrons. The number of methoxy groups -OCH3 is 1. The fourth-order valence-electron chi connectivity index (χ4n) is 4.07. The predicted octanol–water partition coefficient (Wildman–Crippen LogP) is 8.19. The summed E-state index contributed by atoms with van der Waals surface area (Å²) in [5, 5.41) is 9.86. The van der Waals surface area contributed by atoms with E-state index in [0.29, 0.717) is 22.8 Å². The van der Waals surface area contributed by atoms with Crippen molar-refractivity contribution in [1.82, 2.24) is 19.9 Å². The molecule has 0 unspecified atom stereocenters. The second-order valence-electron chi connectivity index (χ2n) is 12.4. The zero-order valence-electron chi connectivity index (χ0n) is 29.7. The van der Waals surface area contributed by atoms with Crippen molar-refractivity contribution < 1.29 is 19.3 Å². The van der Waals surface area contributed by atoms with Gasteiger partial charge >= 0.3 is 3.18 Å². The molecule has 4 aromatic rings. The summed E-state index contributed by atoms with van der Waals surface area (Å²) in [4.78, 5) is 15.6. The number of hydrogen-bond acceptors (Lipinski definition) is 12. The summed E-state index contributed by atoms with van der Waals surface area (Å²) in [6.07, 6.45) is 8.22. The number of hydrogen-bond donors (Lipinski definition) is 5. The van der Waals surface area contributed by atoms with Gasteiger partial charge in [0, 0.05) is 23.3 Å². The van der Waals surface area contributed by atoms with Crippen LogP contribution in [0.25, 0.3) is 0 Å². The molecular formula is C34H42BBr3N8O4Si. The lowest BCUT2D eigenvalue weighted by Gasteiger charge is -2.17. The van der Waals surface area contributed by atoms with Crippen molar-refractivity contribution in [2.45, 2.75) is 59.2 Å². The van der Waals surface area contributed by atoms with Crippen molar-refractivity contribution in [3.63, 3.8) is 0 Å². The minimum Gasteiger partial charge on any atom is -0.507 e. The third-order valence-electron chi connectivity index (χ3n) is 6.47. The van der Waals surface area contributed by atoms with Gasteiger partial charge in [-0.3, -0.25) is 0 Å². The summed E-state index contributed by atoms with van der Waals surface area (Å²) < 4.78 is 17.6. The summed E-state index contributed by atoms with van der Waals surface area (Å²) in [7, 11) is 0.115. The molecule has 0 atom stereocenters. The van der Waals surface area contributed by atoms with Crippen molar-refractivity contribution >= 4 is 82.1 Å². The maximum atomic E-state index is 9.86. The van der Waals surface area contributed by atoms with E-state index in [1.54, 1.807) is 19.2 Å². The highest BCUT2D eigenvalue weighted by Gasteiger charge is 2.18. The van der Waals surface area contributed by atoms with Gasteiger partial charge in [0.1, 0.15) is 31.1 Å². The van der Waals surface area contributed by atoms with Crippen LogP contribution in [0, 0.1) is 23.8 Å². The predicted molar refractivity (Wildman–Crippen MR) is 222 cm³/mol. The van der Waals surface area contributed by atoms with Crippen LogP contribution < -0.4 is 37.1 Å². The van der Waals surface area contributed by atoms with E-state index >= 15 is 0 Å². The first-order valence-electron chi connectivity index (χ1n) is 15.4. The normalized spacial score (nSPS) is 10.4. The Morgan fingerprint density at radius 3 is 1.55 bits per heavy atom. The van der Waals surface area contributed by atoms with Crippen molar-refractivity contribution in [1.29, 1.82) is 0 Å². The fourth-order valence-corrected chi connectivity index (χ4v) is 4.58. The van der Waals surface area contributed by atoms with Gasteiger partial charge in [-0.25, -0.2) is 9.97 Å². The van der Waals surface area contributed by atoms with E-state index in [-0.39, 0.29) is 50.1 Å². The van der Waals surface area contributed by atoms with E-state index in [2.05, 4.69) is 118 Å². The molecule has 17 heteroatoms. The quantitative estimate of drug-likeness (QED) is 0.0880. The molecule has 0 spiro atoms. The van der Waals surface area contributed by atoms with Crippen LogP contribution in [0.5, 0.6) is 34.5 Å². The number of benzene rings is 2. The molecule has 0 aliphatic rings. The van der Waals surface area contributed by atoms with Crippen LogP contribution in [-0.2, 0) is 0 Å². The highest BCUT2D eigenvalue weighted by atomic mass is 79.9. The lowest BCUT2D eigenvalue weighted by atomic mass is 9.99. The number of halogens is 3. The van der Waals surface area contributed by atoms with Crippen LogP contribution in [-0.4, -0.2) is 43.4 Å². The molecule has 0 radical (unpaired) electrons. The molecule has 0 aliphatic heterocycles. The average Bonchev–Trinajstić information content (AvgIpc) is 3.02. The average molecular weight is 905 g/mol. The van der Waals surface area contributed by atoms with E-state index < -0.39 is 8.07 Å². The SMILES string of the molecule is BrB(Br)Br.C#Cc1cc(Oc2cnc(N)nc2N)c(C(C)C)cc1O.COc1cc(C(C)C)c(Oc2cnc(N)nc2N)cc1C#C[Si](C)(C)C. The van der Waals surface area contributed by atoms with Gasteiger partial charge in [0.2, 0.25) is 11.9 Å². The highest BCUT2D eigenvalue weighted by molar-refractivity contribution is 9.69. The number of anilines is 4. The summed E-state index contributed by atoms with van der Waals surface area (Å²) >= 11 is 9.31. The van der Waals surface area contributed by atoms with Crippen molar-refractivity contribution in [2.24, 2.45) is 0 Å². The number of nitrogens with two attached hydrogens (primary N) is 4. The summed E-state index contributed by atoms with van der Waals surface area (Å²) in [5.74, 6) is 9.03. The maximum Gasteiger partial charge on any atom is 0.369 e. The molecule has 12 nitrogen and oxygen atoms in total. The van der Waals surface area contributed by atoms with Gasteiger partial charge in [-0.05, 0) is 24.0 Å². The number of nitrogens with zero attached hydrogens (tertiary/aromatic N) is 4. The molecule has 0 aliphatic carbocycles. The lowest BCUT2D eigenvalue weighted by molar-refractivity contribution is 0.409. The first-order chi connectivity index (χ1) is 23.8. The van der Waals surface area contributed by atoms with Gasteiger partial charge in [0.25, 0.3) is 0 Å². The molecule has 51 heavy (non-hydrogen) atoms. The number of aromatic hydroxyl groups is 1. The van der Waals surface area contributed by atoms with Gasteiger partial charge in [0.05, 0.1) is 30.6 Å². The summed E-state index contributed by atoms with van der Waals surface area (Å²) in [5.41, 5.74) is 28.9. The van der Waals surface area contributed by atoms with E-state index in [1.165, 1.54) is 12.4 Å². The molecular weight excluding hydrogens is 863 g/mol. The number of terminal acetylenes is 1.